The lowest BCUT2D eigenvalue weighted by molar-refractivity contribution is -0.123. The molecule has 0 radical (unpaired) electrons. The second kappa shape index (κ2) is 8.81. The number of methoxy groups -OCH3 is 1. The number of rotatable bonds is 3. The van der Waals surface area contributed by atoms with Crippen LogP contribution in [0.4, 0.5) is 11.4 Å². The Bertz CT molecular complexity index is 1070. The Morgan fingerprint density at radius 3 is 2.53 bits per heavy atom. The fourth-order valence-corrected chi connectivity index (χ4v) is 5.51. The van der Waals surface area contributed by atoms with Crippen molar-refractivity contribution in [1.29, 1.82) is 0 Å². The molecule has 2 aliphatic carbocycles. The van der Waals surface area contributed by atoms with Gasteiger partial charge in [0.05, 0.1) is 24.5 Å². The largest absolute Gasteiger partial charge is 0.496 e. The molecule has 2 aromatic carbocycles. The normalized spacial score (nSPS) is 21.3. The summed E-state index contributed by atoms with van der Waals surface area (Å²) in [5.74, 6) is 0.907. The number of hydrogen-bond acceptors (Lipinski definition) is 4. The van der Waals surface area contributed by atoms with Gasteiger partial charge in [-0.1, -0.05) is 49.6 Å². The number of fused-ring (bicyclic) bond motifs is 1. The van der Waals surface area contributed by atoms with Gasteiger partial charge in [0.15, 0.2) is 5.78 Å². The summed E-state index contributed by atoms with van der Waals surface area (Å²) in [6, 6.07) is 15.2. The van der Waals surface area contributed by atoms with Crippen molar-refractivity contribution in [3.05, 3.63) is 65.4 Å². The highest BCUT2D eigenvalue weighted by Gasteiger charge is 2.42. The predicted octanol–water partition coefficient (Wildman–Crippen LogP) is 5.78. The molecule has 0 aromatic heterocycles. The number of nitrogens with one attached hydrogen (secondary N) is 1. The first kappa shape index (κ1) is 20.8. The lowest BCUT2D eigenvalue weighted by Crippen LogP contribution is -2.42. The first-order valence-electron chi connectivity index (χ1n) is 11.8. The second-order valence-electron chi connectivity index (χ2n) is 9.00. The highest BCUT2D eigenvalue weighted by molar-refractivity contribution is 6.06. The van der Waals surface area contributed by atoms with Gasteiger partial charge in [0.1, 0.15) is 5.75 Å². The zero-order chi connectivity index (χ0) is 22.1. The molecule has 0 saturated heterocycles. The number of carbonyl (C=O) groups is 2. The van der Waals surface area contributed by atoms with Crippen molar-refractivity contribution in [2.75, 3.05) is 17.3 Å². The van der Waals surface area contributed by atoms with Crippen LogP contribution in [0, 0.1) is 5.92 Å². The van der Waals surface area contributed by atoms with Crippen molar-refractivity contribution in [2.24, 2.45) is 5.92 Å². The van der Waals surface area contributed by atoms with E-state index in [0.717, 1.165) is 61.2 Å². The van der Waals surface area contributed by atoms with E-state index in [4.69, 9.17) is 4.74 Å². The second-order valence-corrected chi connectivity index (χ2v) is 9.00. The van der Waals surface area contributed by atoms with E-state index in [-0.39, 0.29) is 17.6 Å². The molecule has 166 valence electrons. The van der Waals surface area contributed by atoms with Crippen LogP contribution < -0.4 is 15.0 Å². The Morgan fingerprint density at radius 1 is 0.969 bits per heavy atom. The van der Waals surface area contributed by atoms with Gasteiger partial charge in [-0.15, -0.1) is 0 Å². The zero-order valence-corrected chi connectivity index (χ0v) is 18.6. The Kier molecular flexibility index (Phi) is 5.73. The van der Waals surface area contributed by atoms with E-state index in [1.165, 1.54) is 6.42 Å². The molecule has 1 heterocycles. The Hall–Kier alpha value is -3.08. The van der Waals surface area contributed by atoms with Crippen LogP contribution in [-0.4, -0.2) is 18.8 Å². The average molecular weight is 431 g/mol. The van der Waals surface area contributed by atoms with Crippen LogP contribution in [0.25, 0.3) is 0 Å². The van der Waals surface area contributed by atoms with Crippen molar-refractivity contribution in [3.63, 3.8) is 0 Å². The van der Waals surface area contributed by atoms with E-state index >= 15 is 0 Å². The third-order valence-corrected chi connectivity index (χ3v) is 7.06. The molecule has 5 heteroatoms. The van der Waals surface area contributed by atoms with Crippen molar-refractivity contribution in [3.8, 4) is 5.75 Å². The number of para-hydroxylation sites is 3. The van der Waals surface area contributed by atoms with Crippen LogP contribution in [0.5, 0.6) is 5.75 Å². The molecular formula is C27H30N2O3. The molecule has 1 N–H and O–H groups in total. The van der Waals surface area contributed by atoms with Gasteiger partial charge in [-0.3, -0.25) is 14.5 Å². The number of carbonyl (C=O) groups excluding carboxylic acids is 2. The molecule has 1 amide bonds. The van der Waals surface area contributed by atoms with Crippen LogP contribution >= 0.6 is 0 Å². The minimum atomic E-state index is -0.500. The number of benzene rings is 2. The van der Waals surface area contributed by atoms with Gasteiger partial charge in [0.2, 0.25) is 5.91 Å². The van der Waals surface area contributed by atoms with E-state index in [1.807, 2.05) is 53.4 Å². The summed E-state index contributed by atoms with van der Waals surface area (Å²) in [4.78, 5) is 29.4. The number of ketones is 1. The third-order valence-electron chi connectivity index (χ3n) is 7.06. The molecule has 0 spiro atoms. The number of amides is 1. The smallest absolute Gasteiger partial charge is 0.231 e. The Balaban J connectivity index is 1.75. The highest BCUT2D eigenvalue weighted by atomic mass is 16.5. The number of ether oxygens (including phenoxy) is 1. The summed E-state index contributed by atoms with van der Waals surface area (Å²) in [6.07, 6.45) is 7.29. The maximum Gasteiger partial charge on any atom is 0.231 e. The van der Waals surface area contributed by atoms with E-state index in [9.17, 15) is 9.59 Å². The van der Waals surface area contributed by atoms with Gasteiger partial charge in [-0.2, -0.15) is 0 Å². The fraction of sp³-hybridized carbons (Fsp3) is 0.407. The van der Waals surface area contributed by atoms with Crippen molar-refractivity contribution in [2.45, 2.75) is 57.4 Å². The topological polar surface area (TPSA) is 58.6 Å². The van der Waals surface area contributed by atoms with Crippen molar-refractivity contribution in [1.82, 2.24) is 0 Å². The summed E-state index contributed by atoms with van der Waals surface area (Å²) in [7, 11) is 1.65. The summed E-state index contributed by atoms with van der Waals surface area (Å²) < 4.78 is 5.72. The minimum Gasteiger partial charge on any atom is -0.496 e. The number of allylic oxidation sites excluding steroid dienone is 1. The van der Waals surface area contributed by atoms with E-state index in [2.05, 4.69) is 5.32 Å². The first-order valence-corrected chi connectivity index (χ1v) is 11.8. The SMILES string of the molecule is COc1ccccc1C1C2=C(CCCC2=O)Nc2ccccc2N1C(=O)C1CCCCC1. The molecule has 3 aliphatic rings. The fourth-order valence-electron chi connectivity index (χ4n) is 5.51. The molecule has 1 atom stereocenters. The molecule has 1 aliphatic heterocycles. The van der Waals surface area contributed by atoms with Gasteiger partial charge >= 0.3 is 0 Å². The summed E-state index contributed by atoms with van der Waals surface area (Å²) >= 11 is 0. The maximum atomic E-state index is 14.2. The van der Waals surface area contributed by atoms with Gasteiger partial charge in [0, 0.05) is 29.2 Å². The van der Waals surface area contributed by atoms with Crippen LogP contribution in [0.1, 0.15) is 63.0 Å². The average Bonchev–Trinajstić information content (AvgIpc) is 2.99. The molecule has 32 heavy (non-hydrogen) atoms. The zero-order valence-electron chi connectivity index (χ0n) is 18.6. The van der Waals surface area contributed by atoms with Gasteiger partial charge in [0.25, 0.3) is 0 Å². The molecule has 1 fully saturated rings. The first-order chi connectivity index (χ1) is 15.7. The number of anilines is 2. The van der Waals surface area contributed by atoms with Crippen LogP contribution in [0.3, 0.4) is 0 Å². The summed E-state index contributed by atoms with van der Waals surface area (Å²) in [5.41, 5.74) is 4.22. The monoisotopic (exact) mass is 430 g/mol. The molecule has 2 aromatic rings. The molecule has 5 rings (SSSR count). The number of hydrogen-bond donors (Lipinski definition) is 1. The van der Waals surface area contributed by atoms with E-state index in [0.29, 0.717) is 17.7 Å². The van der Waals surface area contributed by atoms with E-state index in [1.54, 1.807) is 7.11 Å². The molecule has 1 saturated carbocycles. The van der Waals surface area contributed by atoms with Crippen LogP contribution in [0.15, 0.2) is 59.8 Å². The standard InChI is InChI=1S/C27H30N2O3/c1-32-24-17-8-5-12-19(24)26-25-21(14-9-16-23(25)30)28-20-13-6-7-15-22(20)29(26)27(31)18-10-3-2-4-11-18/h5-8,12-13,15,17-18,26,28H,2-4,9-11,14,16H2,1H3. The highest BCUT2D eigenvalue weighted by Crippen LogP contribution is 2.47. The molecule has 1 unspecified atom stereocenters. The maximum absolute atomic E-state index is 14.2. The van der Waals surface area contributed by atoms with Crippen LogP contribution in [0.2, 0.25) is 0 Å². The lowest BCUT2D eigenvalue weighted by atomic mass is 9.83. The van der Waals surface area contributed by atoms with Crippen molar-refractivity contribution < 1.29 is 14.3 Å². The van der Waals surface area contributed by atoms with E-state index < -0.39 is 6.04 Å². The van der Waals surface area contributed by atoms with Gasteiger partial charge in [-0.25, -0.2) is 0 Å². The minimum absolute atomic E-state index is 0.0187. The van der Waals surface area contributed by atoms with Crippen molar-refractivity contribution >= 4 is 23.1 Å². The Morgan fingerprint density at radius 2 is 1.72 bits per heavy atom. The molecule has 5 nitrogen and oxygen atoms in total. The molecule has 0 bridgehead atoms. The Labute approximate surface area is 189 Å². The lowest BCUT2D eigenvalue weighted by Gasteiger charge is -2.37. The summed E-state index contributed by atoms with van der Waals surface area (Å²) in [5, 5.41) is 3.54. The quantitative estimate of drug-likeness (QED) is 0.670. The number of nitrogens with zero attached hydrogens (tertiary/aromatic N) is 1. The van der Waals surface area contributed by atoms with Gasteiger partial charge in [-0.05, 0) is 43.9 Å². The van der Waals surface area contributed by atoms with Gasteiger partial charge < -0.3 is 10.1 Å². The third kappa shape index (κ3) is 3.60. The van der Waals surface area contributed by atoms with Crippen LogP contribution in [-0.2, 0) is 9.59 Å². The number of Topliss-reactive ketones (excluding diaryl/α,β-unsaturated/α-hetero) is 1. The summed E-state index contributed by atoms with van der Waals surface area (Å²) in [6.45, 7) is 0. The molecular weight excluding hydrogens is 400 g/mol. The predicted molar refractivity (Wildman–Crippen MR) is 126 cm³/mol.